The van der Waals surface area contributed by atoms with E-state index in [9.17, 15) is 0 Å². The highest BCUT2D eigenvalue weighted by Gasteiger charge is 1.87. The fourth-order valence-electron chi connectivity index (χ4n) is 0.488. The summed E-state index contributed by atoms with van der Waals surface area (Å²) in [6.07, 6.45) is 2.28. The molecule has 0 aliphatic heterocycles. The molecule has 0 spiro atoms. The highest BCUT2D eigenvalue weighted by Crippen LogP contribution is 2.11. The average Bonchev–Trinajstić information content (AvgIpc) is 1.85. The summed E-state index contributed by atoms with van der Waals surface area (Å²) >= 11 is 0. The van der Waals surface area contributed by atoms with Gasteiger partial charge in [0.25, 0.3) is 0 Å². The lowest BCUT2D eigenvalue weighted by Gasteiger charge is -2.03. The number of hydrogen-bond acceptors (Lipinski definition) is 1. The van der Waals surface area contributed by atoms with Crippen molar-refractivity contribution in [1.29, 1.82) is 0 Å². The van der Waals surface area contributed by atoms with E-state index in [2.05, 4.69) is 19.7 Å². The minimum absolute atomic E-state index is 0.0199. The molecule has 0 bridgehead atoms. The summed E-state index contributed by atoms with van der Waals surface area (Å²) in [5, 5.41) is 0. The standard InChI is InChI=1S/C7H16OS/c1-4-6-8-9(3)7-5-2/h3-7H2,1-2H3. The van der Waals surface area contributed by atoms with Crippen LogP contribution in [0.15, 0.2) is 0 Å². The molecule has 0 aliphatic carbocycles. The van der Waals surface area contributed by atoms with Crippen molar-refractivity contribution < 1.29 is 4.18 Å². The van der Waals surface area contributed by atoms with Crippen LogP contribution in [-0.2, 0) is 4.18 Å². The lowest BCUT2D eigenvalue weighted by molar-refractivity contribution is 0.371. The van der Waals surface area contributed by atoms with Crippen molar-refractivity contribution in [2.45, 2.75) is 26.7 Å². The zero-order valence-electron chi connectivity index (χ0n) is 6.35. The molecule has 9 heavy (non-hydrogen) atoms. The Morgan fingerprint density at radius 3 is 2.44 bits per heavy atom. The van der Waals surface area contributed by atoms with Gasteiger partial charge in [-0.2, -0.15) is 0 Å². The third-order valence-electron chi connectivity index (χ3n) is 0.886. The smallest absolute Gasteiger partial charge is 0.0603 e. The molecule has 0 fully saturated rings. The first kappa shape index (κ1) is 9.18. The molecule has 0 aromatic rings. The molecule has 0 radical (unpaired) electrons. The monoisotopic (exact) mass is 148 g/mol. The van der Waals surface area contributed by atoms with Crippen molar-refractivity contribution in [1.82, 2.24) is 0 Å². The Labute approximate surface area is 60.5 Å². The molecule has 0 rings (SSSR count). The maximum absolute atomic E-state index is 5.35. The van der Waals surface area contributed by atoms with Crippen molar-refractivity contribution >= 4 is 16.6 Å². The molecule has 0 aliphatic rings. The molecule has 2 heteroatoms. The SMILES string of the molecule is C=S(CCC)OCCC. The van der Waals surface area contributed by atoms with Gasteiger partial charge < -0.3 is 4.18 Å². The Morgan fingerprint density at radius 2 is 2.00 bits per heavy atom. The van der Waals surface area contributed by atoms with E-state index in [0.717, 1.165) is 18.8 Å². The Balaban J connectivity index is 3.06. The van der Waals surface area contributed by atoms with Gasteiger partial charge in [-0.15, -0.1) is 0 Å². The Hall–Kier alpha value is 0.180. The van der Waals surface area contributed by atoms with Gasteiger partial charge in [-0.1, -0.05) is 24.6 Å². The van der Waals surface area contributed by atoms with Gasteiger partial charge in [0.2, 0.25) is 0 Å². The van der Waals surface area contributed by atoms with Gasteiger partial charge in [0.1, 0.15) is 0 Å². The minimum Gasteiger partial charge on any atom is -0.323 e. The lowest BCUT2D eigenvalue weighted by Crippen LogP contribution is -1.87. The van der Waals surface area contributed by atoms with E-state index in [4.69, 9.17) is 4.18 Å². The Bertz CT molecular complexity index is 81.0. The first-order chi connectivity index (χ1) is 4.31. The van der Waals surface area contributed by atoms with Gasteiger partial charge in [0.15, 0.2) is 0 Å². The van der Waals surface area contributed by atoms with Crippen LogP contribution in [-0.4, -0.2) is 18.2 Å². The highest BCUT2D eigenvalue weighted by atomic mass is 32.2. The first-order valence-corrected chi connectivity index (χ1v) is 4.93. The molecule has 0 aromatic carbocycles. The van der Waals surface area contributed by atoms with Crippen molar-refractivity contribution in [3.05, 3.63) is 0 Å². The summed E-state index contributed by atoms with van der Waals surface area (Å²) in [7, 11) is -0.0199. The van der Waals surface area contributed by atoms with Crippen molar-refractivity contribution in [2.24, 2.45) is 0 Å². The summed E-state index contributed by atoms with van der Waals surface area (Å²) in [5.41, 5.74) is 0. The molecule has 0 amide bonds. The van der Waals surface area contributed by atoms with Gasteiger partial charge in [-0.25, -0.2) is 0 Å². The zero-order chi connectivity index (χ0) is 7.11. The molecule has 56 valence electrons. The quantitative estimate of drug-likeness (QED) is 0.544. The summed E-state index contributed by atoms with van der Waals surface area (Å²) in [6, 6.07) is 0. The average molecular weight is 148 g/mol. The largest absolute Gasteiger partial charge is 0.323 e. The fourth-order valence-corrected chi connectivity index (χ4v) is 1.46. The van der Waals surface area contributed by atoms with Gasteiger partial charge in [-0.3, -0.25) is 0 Å². The van der Waals surface area contributed by atoms with Crippen LogP contribution < -0.4 is 0 Å². The molecule has 0 saturated heterocycles. The molecule has 0 aromatic heterocycles. The summed E-state index contributed by atoms with van der Waals surface area (Å²) < 4.78 is 5.35. The molecular weight excluding hydrogens is 132 g/mol. The minimum atomic E-state index is -0.0199. The predicted octanol–water partition coefficient (Wildman–Crippen LogP) is 2.44. The first-order valence-electron chi connectivity index (χ1n) is 3.45. The summed E-state index contributed by atoms with van der Waals surface area (Å²) in [5.74, 6) is 4.98. The van der Waals surface area contributed by atoms with Crippen LogP contribution in [0.5, 0.6) is 0 Å². The summed E-state index contributed by atoms with van der Waals surface area (Å²) in [4.78, 5) is 0. The van der Waals surface area contributed by atoms with E-state index in [0.29, 0.717) is 0 Å². The molecule has 1 unspecified atom stereocenters. The second-order valence-corrected chi connectivity index (χ2v) is 3.49. The van der Waals surface area contributed by atoms with Crippen LogP contribution in [0.25, 0.3) is 0 Å². The molecule has 0 N–H and O–H groups in total. The van der Waals surface area contributed by atoms with Crippen LogP contribution >= 0.6 is 10.8 Å². The van der Waals surface area contributed by atoms with Crippen LogP contribution in [0.2, 0.25) is 0 Å². The van der Waals surface area contributed by atoms with Crippen molar-refractivity contribution in [2.75, 3.05) is 12.4 Å². The van der Waals surface area contributed by atoms with Crippen LogP contribution in [0.4, 0.5) is 0 Å². The molecule has 0 heterocycles. The van der Waals surface area contributed by atoms with E-state index in [-0.39, 0.29) is 10.8 Å². The van der Waals surface area contributed by atoms with E-state index < -0.39 is 0 Å². The van der Waals surface area contributed by atoms with Crippen LogP contribution in [0.1, 0.15) is 26.7 Å². The van der Waals surface area contributed by atoms with Gasteiger partial charge >= 0.3 is 0 Å². The van der Waals surface area contributed by atoms with Gasteiger partial charge in [0.05, 0.1) is 6.61 Å². The Morgan fingerprint density at radius 1 is 1.33 bits per heavy atom. The van der Waals surface area contributed by atoms with Gasteiger partial charge in [0, 0.05) is 5.75 Å². The normalized spacial score (nSPS) is 13.6. The highest BCUT2D eigenvalue weighted by molar-refractivity contribution is 8.09. The number of rotatable bonds is 5. The number of hydrogen-bond donors (Lipinski definition) is 0. The third kappa shape index (κ3) is 6.06. The molecule has 1 atom stereocenters. The van der Waals surface area contributed by atoms with E-state index in [1.54, 1.807) is 0 Å². The molecular formula is C7H16OS. The third-order valence-corrected chi connectivity index (χ3v) is 2.25. The van der Waals surface area contributed by atoms with E-state index in [1.807, 2.05) is 0 Å². The summed E-state index contributed by atoms with van der Waals surface area (Å²) in [6.45, 7) is 5.14. The van der Waals surface area contributed by atoms with Gasteiger partial charge in [-0.05, 0) is 18.7 Å². The Kier molecular flexibility index (Phi) is 6.43. The molecule has 0 saturated carbocycles. The second kappa shape index (κ2) is 6.30. The zero-order valence-corrected chi connectivity index (χ0v) is 7.17. The maximum atomic E-state index is 5.35. The maximum Gasteiger partial charge on any atom is 0.0603 e. The van der Waals surface area contributed by atoms with E-state index in [1.165, 1.54) is 6.42 Å². The van der Waals surface area contributed by atoms with Crippen LogP contribution in [0, 0.1) is 0 Å². The second-order valence-electron chi connectivity index (χ2n) is 1.97. The lowest BCUT2D eigenvalue weighted by atomic mass is 10.5. The van der Waals surface area contributed by atoms with E-state index >= 15 is 0 Å². The predicted molar refractivity (Wildman–Crippen MR) is 46.1 cm³/mol. The van der Waals surface area contributed by atoms with Crippen molar-refractivity contribution in [3.63, 3.8) is 0 Å². The topological polar surface area (TPSA) is 9.23 Å². The molecule has 1 nitrogen and oxygen atoms in total. The fraction of sp³-hybridized carbons (Fsp3) is 0.857. The van der Waals surface area contributed by atoms with Crippen LogP contribution in [0.3, 0.4) is 0 Å². The van der Waals surface area contributed by atoms with Crippen molar-refractivity contribution in [3.8, 4) is 0 Å².